The summed E-state index contributed by atoms with van der Waals surface area (Å²) in [4.78, 5) is 21.9. The molecule has 0 radical (unpaired) electrons. The van der Waals surface area contributed by atoms with Gasteiger partial charge in [-0.15, -0.1) is 0 Å². The van der Waals surface area contributed by atoms with Crippen LogP contribution in [0.15, 0.2) is 12.1 Å². The number of halogens is 1. The number of carbonyl (C=O) groups is 2. The first-order valence-electron chi connectivity index (χ1n) is 6.64. The highest BCUT2D eigenvalue weighted by atomic mass is 19.1. The lowest BCUT2D eigenvalue weighted by molar-refractivity contribution is -0.137. The van der Waals surface area contributed by atoms with Crippen molar-refractivity contribution in [2.24, 2.45) is 0 Å². The molecule has 0 aliphatic heterocycles. The first-order chi connectivity index (χ1) is 9.40. The van der Waals surface area contributed by atoms with E-state index in [2.05, 4.69) is 5.32 Å². The number of aliphatic carboxylic acids is 1. The minimum absolute atomic E-state index is 0.0869. The quantitative estimate of drug-likeness (QED) is 0.755. The van der Waals surface area contributed by atoms with Gasteiger partial charge in [-0.2, -0.15) is 0 Å². The molecule has 0 aliphatic carbocycles. The Morgan fingerprint density at radius 2 is 1.70 bits per heavy atom. The zero-order chi connectivity index (χ0) is 15.1. The third kappa shape index (κ3) is 5.38. The van der Waals surface area contributed by atoms with Crippen molar-refractivity contribution >= 4 is 11.9 Å². The van der Waals surface area contributed by atoms with Crippen LogP contribution in [0.2, 0.25) is 0 Å². The van der Waals surface area contributed by atoms with E-state index in [-0.39, 0.29) is 18.1 Å². The maximum absolute atomic E-state index is 13.4. The van der Waals surface area contributed by atoms with Crippen LogP contribution in [-0.2, 0) is 16.1 Å². The average molecular weight is 281 g/mol. The molecule has 1 amide bonds. The molecule has 0 bridgehead atoms. The van der Waals surface area contributed by atoms with Crippen LogP contribution in [0.4, 0.5) is 4.39 Å². The molecule has 0 atom stereocenters. The van der Waals surface area contributed by atoms with Gasteiger partial charge in [-0.3, -0.25) is 9.59 Å². The van der Waals surface area contributed by atoms with Gasteiger partial charge in [-0.25, -0.2) is 4.39 Å². The zero-order valence-corrected chi connectivity index (χ0v) is 11.8. The highest BCUT2D eigenvalue weighted by Gasteiger charge is 2.06. The average Bonchev–Trinajstić information content (AvgIpc) is 2.38. The number of amides is 1. The number of unbranched alkanes of at least 4 members (excludes halogenated alkanes) is 1. The van der Waals surface area contributed by atoms with Gasteiger partial charge in [0.25, 0.3) is 0 Å². The van der Waals surface area contributed by atoms with Crippen LogP contribution in [0, 0.1) is 19.7 Å². The maximum atomic E-state index is 13.4. The molecule has 0 spiro atoms. The van der Waals surface area contributed by atoms with E-state index in [9.17, 15) is 14.0 Å². The molecule has 110 valence electrons. The van der Waals surface area contributed by atoms with E-state index in [1.54, 1.807) is 26.0 Å². The Hall–Kier alpha value is -1.91. The zero-order valence-electron chi connectivity index (χ0n) is 11.8. The summed E-state index contributed by atoms with van der Waals surface area (Å²) in [6, 6.07) is 3.43. The van der Waals surface area contributed by atoms with Crippen LogP contribution >= 0.6 is 0 Å². The molecule has 0 saturated heterocycles. The molecule has 20 heavy (non-hydrogen) atoms. The van der Waals surface area contributed by atoms with E-state index >= 15 is 0 Å². The summed E-state index contributed by atoms with van der Waals surface area (Å²) in [5, 5.41) is 11.2. The molecule has 0 fully saturated rings. The molecule has 5 heteroatoms. The third-order valence-corrected chi connectivity index (χ3v) is 3.03. The van der Waals surface area contributed by atoms with Crippen molar-refractivity contribution in [2.45, 2.75) is 46.1 Å². The number of nitrogens with one attached hydrogen (secondary N) is 1. The molecule has 0 unspecified atom stereocenters. The number of carboxylic acids is 1. The van der Waals surface area contributed by atoms with Gasteiger partial charge in [0.2, 0.25) is 5.91 Å². The molecule has 0 saturated carbocycles. The van der Waals surface area contributed by atoms with Crippen LogP contribution < -0.4 is 5.32 Å². The predicted molar refractivity (Wildman–Crippen MR) is 73.8 cm³/mol. The molecule has 0 aliphatic rings. The van der Waals surface area contributed by atoms with Crippen molar-refractivity contribution in [3.8, 4) is 0 Å². The van der Waals surface area contributed by atoms with Crippen molar-refractivity contribution in [2.75, 3.05) is 0 Å². The van der Waals surface area contributed by atoms with Crippen molar-refractivity contribution in [1.82, 2.24) is 5.32 Å². The summed E-state index contributed by atoms with van der Waals surface area (Å²) in [6.45, 7) is 3.75. The molecular weight excluding hydrogens is 261 g/mol. The highest BCUT2D eigenvalue weighted by molar-refractivity contribution is 5.75. The standard InChI is InChI=1S/C15H20FNO3/c1-10-7-12(8-11(2)15(10)16)9-17-13(18)5-3-4-6-14(19)20/h7-8H,3-6,9H2,1-2H3,(H,17,18)(H,19,20). The van der Waals surface area contributed by atoms with E-state index in [4.69, 9.17) is 5.11 Å². The molecule has 2 N–H and O–H groups in total. The van der Waals surface area contributed by atoms with Gasteiger partial charge >= 0.3 is 5.97 Å². The lowest BCUT2D eigenvalue weighted by Crippen LogP contribution is -2.22. The van der Waals surface area contributed by atoms with Gasteiger partial charge in [0.05, 0.1) is 0 Å². The van der Waals surface area contributed by atoms with Gasteiger partial charge < -0.3 is 10.4 Å². The SMILES string of the molecule is Cc1cc(CNC(=O)CCCCC(=O)O)cc(C)c1F. The Morgan fingerprint density at radius 3 is 2.25 bits per heavy atom. The summed E-state index contributed by atoms with van der Waals surface area (Å²) in [6.07, 6.45) is 1.45. The fraction of sp³-hybridized carbons (Fsp3) is 0.467. The topological polar surface area (TPSA) is 66.4 Å². The normalized spacial score (nSPS) is 10.3. The Morgan fingerprint density at radius 1 is 1.15 bits per heavy atom. The van der Waals surface area contributed by atoms with Crippen molar-refractivity contribution in [3.05, 3.63) is 34.6 Å². The monoisotopic (exact) mass is 281 g/mol. The summed E-state index contributed by atoms with van der Waals surface area (Å²) in [5.41, 5.74) is 1.99. The van der Waals surface area contributed by atoms with Gasteiger partial charge in [0.1, 0.15) is 5.82 Å². The van der Waals surface area contributed by atoms with Crippen molar-refractivity contribution < 1.29 is 19.1 Å². The van der Waals surface area contributed by atoms with Crippen molar-refractivity contribution in [1.29, 1.82) is 0 Å². The Labute approximate surface area is 118 Å². The third-order valence-electron chi connectivity index (χ3n) is 3.03. The lowest BCUT2D eigenvalue weighted by Gasteiger charge is -2.08. The molecule has 1 aromatic rings. The minimum atomic E-state index is -0.845. The molecule has 1 aromatic carbocycles. The number of aryl methyl sites for hydroxylation is 2. The number of carboxylic acid groups (broad SMARTS) is 1. The van der Waals surface area contributed by atoms with Gasteiger partial charge in [0, 0.05) is 19.4 Å². The van der Waals surface area contributed by atoms with Crippen molar-refractivity contribution in [3.63, 3.8) is 0 Å². The Balaban J connectivity index is 2.36. The van der Waals surface area contributed by atoms with Gasteiger partial charge in [-0.1, -0.05) is 12.1 Å². The summed E-state index contributed by atoms with van der Waals surface area (Å²) in [7, 11) is 0. The van der Waals surface area contributed by atoms with Gasteiger partial charge in [0.15, 0.2) is 0 Å². The smallest absolute Gasteiger partial charge is 0.303 e. The number of carbonyl (C=O) groups excluding carboxylic acids is 1. The van der Waals surface area contributed by atoms with E-state index in [0.29, 0.717) is 36.9 Å². The molecule has 0 heterocycles. The molecule has 4 nitrogen and oxygen atoms in total. The molecule has 0 aromatic heterocycles. The van der Waals surface area contributed by atoms with E-state index in [1.165, 1.54) is 0 Å². The maximum Gasteiger partial charge on any atom is 0.303 e. The van der Waals surface area contributed by atoms with Crippen LogP contribution in [0.5, 0.6) is 0 Å². The van der Waals surface area contributed by atoms with Crippen LogP contribution in [0.1, 0.15) is 42.4 Å². The number of hydrogen-bond donors (Lipinski definition) is 2. The van der Waals surface area contributed by atoms with Crippen LogP contribution in [0.3, 0.4) is 0 Å². The number of benzene rings is 1. The first-order valence-corrected chi connectivity index (χ1v) is 6.64. The van der Waals surface area contributed by atoms with E-state index in [1.807, 2.05) is 0 Å². The van der Waals surface area contributed by atoms with Crippen LogP contribution in [-0.4, -0.2) is 17.0 Å². The number of rotatable bonds is 7. The largest absolute Gasteiger partial charge is 0.481 e. The fourth-order valence-corrected chi connectivity index (χ4v) is 1.99. The Bertz CT molecular complexity index is 477. The van der Waals surface area contributed by atoms with Crippen LogP contribution in [0.25, 0.3) is 0 Å². The minimum Gasteiger partial charge on any atom is -0.481 e. The Kier molecular flexibility index (Phi) is 6.15. The van der Waals surface area contributed by atoms with E-state index < -0.39 is 5.97 Å². The number of hydrogen-bond acceptors (Lipinski definition) is 2. The first kappa shape index (κ1) is 16.1. The summed E-state index contributed by atoms with van der Waals surface area (Å²) < 4.78 is 13.4. The second-order valence-electron chi connectivity index (χ2n) is 4.92. The molecular formula is C15H20FNO3. The lowest BCUT2D eigenvalue weighted by atomic mass is 10.1. The summed E-state index contributed by atoms with van der Waals surface area (Å²) in [5.74, 6) is -1.17. The fourth-order valence-electron chi connectivity index (χ4n) is 1.99. The molecule has 1 rings (SSSR count). The predicted octanol–water partition coefficient (Wildman–Crippen LogP) is 2.70. The second-order valence-corrected chi connectivity index (χ2v) is 4.92. The summed E-state index contributed by atoms with van der Waals surface area (Å²) >= 11 is 0. The van der Waals surface area contributed by atoms with E-state index in [0.717, 1.165) is 5.56 Å². The van der Waals surface area contributed by atoms with Gasteiger partial charge in [-0.05, 0) is 43.4 Å². The highest BCUT2D eigenvalue weighted by Crippen LogP contribution is 2.14. The second kappa shape index (κ2) is 7.62.